The van der Waals surface area contributed by atoms with E-state index in [1.54, 1.807) is 0 Å². The van der Waals surface area contributed by atoms with Crippen molar-refractivity contribution in [3.05, 3.63) is 42.2 Å². The van der Waals surface area contributed by atoms with Gasteiger partial charge in [0.25, 0.3) is 0 Å². The molecule has 2 aromatic heterocycles. The Hall–Kier alpha value is -3.16. The Bertz CT molecular complexity index is 813. The molecule has 0 fully saturated rings. The molecule has 0 saturated carbocycles. The first-order valence-corrected chi connectivity index (χ1v) is 6.68. The fourth-order valence-corrected chi connectivity index (χ4v) is 2.11. The maximum absolute atomic E-state index is 11.1. The van der Waals surface area contributed by atoms with Crippen LogP contribution in [0.4, 0.5) is 11.8 Å². The Kier molecular flexibility index (Phi) is 3.57. The van der Waals surface area contributed by atoms with Gasteiger partial charge in [0.2, 0.25) is 11.9 Å². The number of rotatable bonds is 4. The zero-order valence-corrected chi connectivity index (χ0v) is 11.9. The normalized spacial score (nSPS) is 10.6. The second kappa shape index (κ2) is 5.68. The van der Waals surface area contributed by atoms with E-state index in [1.807, 2.05) is 34.9 Å². The minimum absolute atomic E-state index is 0.225. The number of fused-ring (bicyclic) bond motifs is 1. The Morgan fingerprint density at radius 1 is 1.27 bits per heavy atom. The molecule has 0 unspecified atom stereocenters. The smallest absolute Gasteiger partial charge is 0.235 e. The lowest BCUT2D eigenvalue weighted by molar-refractivity contribution is -0.118. The van der Waals surface area contributed by atoms with Crippen LogP contribution in [0.2, 0.25) is 0 Å². The second-order valence-corrected chi connectivity index (χ2v) is 4.74. The molecule has 8 nitrogen and oxygen atoms in total. The summed E-state index contributed by atoms with van der Waals surface area (Å²) in [7, 11) is 0. The van der Waals surface area contributed by atoms with Crippen LogP contribution in [0.3, 0.4) is 0 Å². The predicted octanol–water partition coefficient (Wildman–Crippen LogP) is 0.920. The van der Waals surface area contributed by atoms with Crippen molar-refractivity contribution in [2.45, 2.75) is 13.5 Å². The fourth-order valence-electron chi connectivity index (χ4n) is 2.11. The number of nitrogens with one attached hydrogen (secondary N) is 2. The average molecular weight is 297 g/mol. The van der Waals surface area contributed by atoms with Crippen LogP contribution in [0.15, 0.2) is 36.7 Å². The van der Waals surface area contributed by atoms with Gasteiger partial charge in [-0.25, -0.2) is 15.0 Å². The number of nitrogen functional groups attached to an aromatic ring is 1. The molecule has 0 bridgehead atoms. The van der Waals surface area contributed by atoms with Gasteiger partial charge in [0.1, 0.15) is 6.33 Å². The van der Waals surface area contributed by atoms with Crippen molar-refractivity contribution in [1.29, 1.82) is 0 Å². The molecule has 0 aliphatic heterocycles. The highest BCUT2D eigenvalue weighted by Crippen LogP contribution is 2.21. The summed E-state index contributed by atoms with van der Waals surface area (Å²) in [5.74, 6) is 0.515. The molecule has 0 radical (unpaired) electrons. The second-order valence-electron chi connectivity index (χ2n) is 4.74. The van der Waals surface area contributed by atoms with Gasteiger partial charge in [-0.15, -0.1) is 0 Å². The summed E-state index contributed by atoms with van der Waals surface area (Å²) in [4.78, 5) is 23.7. The Morgan fingerprint density at radius 3 is 2.77 bits per heavy atom. The van der Waals surface area contributed by atoms with E-state index in [4.69, 9.17) is 5.73 Å². The largest absolute Gasteiger partial charge is 0.382 e. The molecule has 2 heterocycles. The number of hydrogen-bond donors (Lipinski definition) is 3. The molecule has 112 valence electrons. The molecule has 8 heteroatoms. The number of imidazole rings is 1. The third-order valence-electron chi connectivity index (χ3n) is 3.09. The first-order valence-electron chi connectivity index (χ1n) is 6.68. The number of hydrogen-bond acceptors (Lipinski definition) is 6. The highest BCUT2D eigenvalue weighted by molar-refractivity contribution is 5.84. The van der Waals surface area contributed by atoms with E-state index >= 15 is 0 Å². The standard InChI is InChI=1S/C14H15N7O/c1-9(22)19-20-14-18-11-12(15)16-8-17-13(11)21(14)7-10-5-3-2-4-6-10/h2-6,8H,7H2,1H3,(H,18,20)(H,19,22)(H2,15,16,17). The van der Waals surface area contributed by atoms with Crippen LogP contribution in [-0.4, -0.2) is 25.4 Å². The van der Waals surface area contributed by atoms with Gasteiger partial charge in [-0.2, -0.15) is 0 Å². The highest BCUT2D eigenvalue weighted by atomic mass is 16.2. The number of anilines is 2. The maximum atomic E-state index is 11.1. The molecule has 0 aliphatic carbocycles. The first kappa shape index (κ1) is 13.8. The predicted molar refractivity (Wildman–Crippen MR) is 82.7 cm³/mol. The Balaban J connectivity index is 2.06. The lowest BCUT2D eigenvalue weighted by Gasteiger charge is -2.10. The van der Waals surface area contributed by atoms with Crippen molar-refractivity contribution < 1.29 is 4.79 Å². The van der Waals surface area contributed by atoms with Crippen LogP contribution < -0.4 is 16.6 Å². The van der Waals surface area contributed by atoms with Crippen LogP contribution in [0, 0.1) is 0 Å². The molecule has 0 spiro atoms. The molecule has 3 aromatic rings. The van der Waals surface area contributed by atoms with Gasteiger partial charge in [-0.1, -0.05) is 30.3 Å². The zero-order valence-electron chi connectivity index (χ0n) is 11.9. The summed E-state index contributed by atoms with van der Waals surface area (Å²) in [5.41, 5.74) is 13.3. The lowest BCUT2D eigenvalue weighted by Crippen LogP contribution is -2.28. The van der Waals surface area contributed by atoms with E-state index in [2.05, 4.69) is 25.8 Å². The Morgan fingerprint density at radius 2 is 2.05 bits per heavy atom. The number of hydrazine groups is 1. The van der Waals surface area contributed by atoms with Gasteiger partial charge in [-0.3, -0.25) is 20.2 Å². The number of carbonyl (C=O) groups excluding carboxylic acids is 1. The maximum Gasteiger partial charge on any atom is 0.235 e. The molecular weight excluding hydrogens is 282 g/mol. The van der Waals surface area contributed by atoms with Gasteiger partial charge < -0.3 is 5.73 Å². The minimum atomic E-state index is -0.225. The van der Waals surface area contributed by atoms with Crippen LogP contribution in [0.5, 0.6) is 0 Å². The summed E-state index contributed by atoms with van der Waals surface area (Å²) in [5, 5.41) is 0. The minimum Gasteiger partial charge on any atom is -0.382 e. The SMILES string of the molecule is CC(=O)NNc1nc2c(N)ncnc2n1Cc1ccccc1. The molecule has 22 heavy (non-hydrogen) atoms. The zero-order chi connectivity index (χ0) is 15.5. The number of carbonyl (C=O) groups is 1. The number of aromatic nitrogens is 4. The third-order valence-corrected chi connectivity index (χ3v) is 3.09. The van der Waals surface area contributed by atoms with Gasteiger partial charge in [0, 0.05) is 6.92 Å². The van der Waals surface area contributed by atoms with E-state index in [0.717, 1.165) is 5.56 Å². The quantitative estimate of drug-likeness (QED) is 0.618. The van der Waals surface area contributed by atoms with Crippen LogP contribution in [-0.2, 0) is 11.3 Å². The van der Waals surface area contributed by atoms with E-state index in [-0.39, 0.29) is 5.91 Å². The fraction of sp³-hybridized carbons (Fsp3) is 0.143. The van der Waals surface area contributed by atoms with E-state index in [1.165, 1.54) is 13.3 Å². The van der Waals surface area contributed by atoms with Gasteiger partial charge >= 0.3 is 0 Å². The topological polar surface area (TPSA) is 111 Å². The van der Waals surface area contributed by atoms with Gasteiger partial charge in [0.15, 0.2) is 17.0 Å². The van der Waals surface area contributed by atoms with Crippen LogP contribution >= 0.6 is 0 Å². The number of amides is 1. The van der Waals surface area contributed by atoms with Crippen molar-refractivity contribution in [3.63, 3.8) is 0 Å². The van der Waals surface area contributed by atoms with Crippen LogP contribution in [0.25, 0.3) is 11.2 Å². The molecule has 1 amide bonds. The van der Waals surface area contributed by atoms with Crippen molar-refractivity contribution in [2.24, 2.45) is 0 Å². The molecular formula is C14H15N7O. The van der Waals surface area contributed by atoms with E-state index < -0.39 is 0 Å². The van der Waals surface area contributed by atoms with Crippen molar-refractivity contribution in [3.8, 4) is 0 Å². The Labute approximate surface area is 126 Å². The van der Waals surface area contributed by atoms with Crippen molar-refractivity contribution in [2.75, 3.05) is 11.2 Å². The molecule has 1 aromatic carbocycles. The molecule has 0 saturated heterocycles. The summed E-state index contributed by atoms with van der Waals surface area (Å²) < 4.78 is 1.83. The summed E-state index contributed by atoms with van der Waals surface area (Å²) >= 11 is 0. The number of benzene rings is 1. The molecule has 4 N–H and O–H groups in total. The number of nitrogens with two attached hydrogens (primary N) is 1. The summed E-state index contributed by atoms with van der Waals surface area (Å²) in [6.07, 6.45) is 1.39. The third kappa shape index (κ3) is 2.66. The van der Waals surface area contributed by atoms with Gasteiger partial charge in [0.05, 0.1) is 6.54 Å². The summed E-state index contributed by atoms with van der Waals surface area (Å²) in [6.45, 7) is 1.95. The van der Waals surface area contributed by atoms with E-state index in [9.17, 15) is 4.79 Å². The number of nitrogens with zero attached hydrogens (tertiary/aromatic N) is 4. The van der Waals surface area contributed by atoms with Crippen LogP contribution in [0.1, 0.15) is 12.5 Å². The summed E-state index contributed by atoms with van der Waals surface area (Å²) in [6, 6.07) is 9.86. The van der Waals surface area contributed by atoms with Crippen molar-refractivity contribution in [1.82, 2.24) is 24.9 Å². The monoisotopic (exact) mass is 297 g/mol. The van der Waals surface area contributed by atoms with Gasteiger partial charge in [-0.05, 0) is 5.56 Å². The highest BCUT2D eigenvalue weighted by Gasteiger charge is 2.15. The molecule has 0 atom stereocenters. The molecule has 3 rings (SSSR count). The lowest BCUT2D eigenvalue weighted by atomic mass is 10.2. The first-order chi connectivity index (χ1) is 10.6. The average Bonchev–Trinajstić information content (AvgIpc) is 2.86. The van der Waals surface area contributed by atoms with E-state index in [0.29, 0.717) is 29.5 Å². The van der Waals surface area contributed by atoms with Crippen molar-refractivity contribution >= 4 is 28.8 Å². The molecule has 0 aliphatic rings.